The van der Waals surface area contributed by atoms with E-state index in [1.165, 1.54) is 12.0 Å². The van der Waals surface area contributed by atoms with Crippen LogP contribution in [0.5, 0.6) is 5.75 Å². The van der Waals surface area contributed by atoms with Gasteiger partial charge in [-0.2, -0.15) is 5.10 Å². The van der Waals surface area contributed by atoms with Gasteiger partial charge in [0, 0.05) is 22.9 Å². The maximum atomic E-state index is 6.49. The Kier molecular flexibility index (Phi) is 3.91. The van der Waals surface area contributed by atoms with Crippen LogP contribution in [0.25, 0.3) is 28.2 Å². The third kappa shape index (κ3) is 2.59. The van der Waals surface area contributed by atoms with Crippen LogP contribution in [0.15, 0.2) is 66.9 Å². The van der Waals surface area contributed by atoms with Crippen molar-refractivity contribution in [3.8, 4) is 28.3 Å². The minimum Gasteiger partial charge on any atom is -0.496 e. The van der Waals surface area contributed by atoms with Crippen LogP contribution in [-0.2, 0) is 5.54 Å². The van der Waals surface area contributed by atoms with Crippen molar-refractivity contribution in [1.82, 2.24) is 14.6 Å². The van der Waals surface area contributed by atoms with Gasteiger partial charge in [-0.25, -0.2) is 9.50 Å². The Morgan fingerprint density at radius 1 is 1.00 bits per heavy atom. The molecule has 5 nitrogen and oxygen atoms in total. The third-order valence-electron chi connectivity index (χ3n) is 5.73. The number of benzene rings is 2. The molecular formula is C23H22N4O. The smallest absolute Gasteiger partial charge is 0.154 e. The van der Waals surface area contributed by atoms with Crippen molar-refractivity contribution >= 4 is 5.65 Å². The first-order chi connectivity index (χ1) is 13.7. The van der Waals surface area contributed by atoms with Gasteiger partial charge < -0.3 is 10.5 Å². The van der Waals surface area contributed by atoms with Gasteiger partial charge in [-0.1, -0.05) is 36.4 Å². The number of rotatable bonds is 4. The topological polar surface area (TPSA) is 65.4 Å². The van der Waals surface area contributed by atoms with Gasteiger partial charge in [-0.15, -0.1) is 0 Å². The van der Waals surface area contributed by atoms with Crippen LogP contribution in [0.3, 0.4) is 0 Å². The fourth-order valence-corrected chi connectivity index (χ4v) is 3.98. The van der Waals surface area contributed by atoms with Crippen LogP contribution in [0.4, 0.5) is 0 Å². The van der Waals surface area contributed by atoms with E-state index in [1.807, 2.05) is 40.9 Å². The molecular weight excluding hydrogens is 348 g/mol. The molecule has 2 heterocycles. The van der Waals surface area contributed by atoms with Crippen molar-refractivity contribution in [1.29, 1.82) is 0 Å². The van der Waals surface area contributed by atoms with Crippen LogP contribution in [0, 0.1) is 0 Å². The van der Waals surface area contributed by atoms with E-state index < -0.39 is 0 Å². The molecule has 1 saturated carbocycles. The van der Waals surface area contributed by atoms with E-state index >= 15 is 0 Å². The average Bonchev–Trinajstić information content (AvgIpc) is 3.11. The van der Waals surface area contributed by atoms with Crippen molar-refractivity contribution < 1.29 is 4.74 Å². The monoisotopic (exact) mass is 370 g/mol. The zero-order chi connectivity index (χ0) is 19.1. The predicted molar refractivity (Wildman–Crippen MR) is 110 cm³/mol. The number of hydrogen-bond donors (Lipinski definition) is 1. The molecule has 5 rings (SSSR count). The Labute approximate surface area is 163 Å². The molecule has 4 aromatic rings. The van der Waals surface area contributed by atoms with E-state index in [4.69, 9.17) is 15.5 Å². The van der Waals surface area contributed by atoms with Crippen LogP contribution in [0.1, 0.15) is 24.8 Å². The average molecular weight is 370 g/mol. The Morgan fingerprint density at radius 2 is 1.79 bits per heavy atom. The van der Waals surface area contributed by atoms with E-state index in [9.17, 15) is 0 Å². The van der Waals surface area contributed by atoms with Gasteiger partial charge in [0.25, 0.3) is 0 Å². The number of nitrogens with two attached hydrogens (primary N) is 1. The molecule has 2 aromatic heterocycles. The summed E-state index contributed by atoms with van der Waals surface area (Å²) >= 11 is 0. The maximum absolute atomic E-state index is 6.49. The molecule has 1 aliphatic rings. The lowest BCUT2D eigenvalue weighted by atomic mass is 9.72. The number of fused-ring (bicyclic) bond motifs is 1. The molecule has 2 aromatic carbocycles. The normalized spacial score (nSPS) is 15.4. The lowest BCUT2D eigenvalue weighted by molar-refractivity contribution is 0.253. The molecule has 0 bridgehead atoms. The second-order valence-electron chi connectivity index (χ2n) is 7.39. The van der Waals surface area contributed by atoms with Crippen LogP contribution in [0.2, 0.25) is 0 Å². The SMILES string of the molecule is COc1ccccc1-c1c(-c2ccc(C3(N)CCC3)cc2)nc2cccnn12. The van der Waals surface area contributed by atoms with Crippen molar-refractivity contribution in [2.24, 2.45) is 5.73 Å². The molecule has 140 valence electrons. The van der Waals surface area contributed by atoms with Gasteiger partial charge in [0.2, 0.25) is 0 Å². The molecule has 0 radical (unpaired) electrons. The molecule has 0 saturated heterocycles. The molecule has 0 amide bonds. The second-order valence-corrected chi connectivity index (χ2v) is 7.39. The van der Waals surface area contributed by atoms with Crippen LogP contribution in [-0.4, -0.2) is 21.7 Å². The minimum absolute atomic E-state index is 0.162. The summed E-state index contributed by atoms with van der Waals surface area (Å²) in [7, 11) is 1.68. The summed E-state index contributed by atoms with van der Waals surface area (Å²) in [5.74, 6) is 0.795. The van der Waals surface area contributed by atoms with Gasteiger partial charge >= 0.3 is 0 Å². The summed E-state index contributed by atoms with van der Waals surface area (Å²) in [6.07, 6.45) is 5.08. The van der Waals surface area contributed by atoms with Gasteiger partial charge in [0.1, 0.15) is 11.4 Å². The fraction of sp³-hybridized carbons (Fsp3) is 0.217. The highest BCUT2D eigenvalue weighted by molar-refractivity contribution is 5.84. The largest absolute Gasteiger partial charge is 0.496 e. The molecule has 1 aliphatic carbocycles. The molecule has 2 N–H and O–H groups in total. The van der Waals surface area contributed by atoms with E-state index in [-0.39, 0.29) is 5.54 Å². The van der Waals surface area contributed by atoms with Crippen molar-refractivity contribution in [2.75, 3.05) is 7.11 Å². The molecule has 28 heavy (non-hydrogen) atoms. The van der Waals surface area contributed by atoms with Crippen molar-refractivity contribution in [3.05, 3.63) is 72.4 Å². The first-order valence-electron chi connectivity index (χ1n) is 9.56. The highest BCUT2D eigenvalue weighted by Crippen LogP contribution is 2.41. The number of nitrogens with zero attached hydrogens (tertiary/aromatic N) is 3. The first-order valence-corrected chi connectivity index (χ1v) is 9.56. The van der Waals surface area contributed by atoms with E-state index in [0.29, 0.717) is 0 Å². The number of hydrogen-bond acceptors (Lipinski definition) is 4. The van der Waals surface area contributed by atoms with Gasteiger partial charge in [0.15, 0.2) is 5.65 Å². The summed E-state index contributed by atoms with van der Waals surface area (Å²) in [6.45, 7) is 0. The van der Waals surface area contributed by atoms with E-state index in [2.05, 4.69) is 29.4 Å². The van der Waals surface area contributed by atoms with Gasteiger partial charge in [-0.3, -0.25) is 0 Å². The summed E-state index contributed by atoms with van der Waals surface area (Å²) in [4.78, 5) is 4.87. The molecule has 0 spiro atoms. The Balaban J connectivity index is 1.70. The first kappa shape index (κ1) is 17.0. The Bertz CT molecular complexity index is 1140. The molecule has 0 aliphatic heterocycles. The standard InChI is InChI=1S/C23H22N4O/c1-28-19-7-3-2-6-18(19)22-21(26-20-8-4-15-25-27(20)22)16-9-11-17(12-10-16)23(24)13-5-14-23/h2-4,6-12,15H,5,13-14,24H2,1H3. The third-order valence-corrected chi connectivity index (χ3v) is 5.73. The summed E-state index contributed by atoms with van der Waals surface area (Å²) in [6, 6.07) is 20.3. The number of aromatic nitrogens is 3. The predicted octanol–water partition coefficient (Wildman–Crippen LogP) is 4.41. The second kappa shape index (κ2) is 6.46. The van der Waals surface area contributed by atoms with Crippen LogP contribution >= 0.6 is 0 Å². The van der Waals surface area contributed by atoms with Gasteiger partial charge in [0.05, 0.1) is 12.8 Å². The Morgan fingerprint density at radius 3 is 2.50 bits per heavy atom. The van der Waals surface area contributed by atoms with Crippen LogP contribution < -0.4 is 10.5 Å². The van der Waals surface area contributed by atoms with Crippen molar-refractivity contribution in [3.63, 3.8) is 0 Å². The zero-order valence-electron chi connectivity index (χ0n) is 15.8. The molecule has 0 unspecified atom stereocenters. The number of imidazole rings is 1. The highest BCUT2D eigenvalue weighted by Gasteiger charge is 2.34. The molecule has 0 atom stereocenters. The lowest BCUT2D eigenvalue weighted by Gasteiger charge is -2.38. The highest BCUT2D eigenvalue weighted by atomic mass is 16.5. The summed E-state index contributed by atoms with van der Waals surface area (Å²) < 4.78 is 7.48. The summed E-state index contributed by atoms with van der Waals surface area (Å²) in [5.41, 5.74) is 12.1. The fourth-order valence-electron chi connectivity index (χ4n) is 3.98. The maximum Gasteiger partial charge on any atom is 0.154 e. The Hall–Kier alpha value is -3.18. The van der Waals surface area contributed by atoms with Crippen molar-refractivity contribution in [2.45, 2.75) is 24.8 Å². The number of para-hydroxylation sites is 1. The van der Waals surface area contributed by atoms with E-state index in [1.54, 1.807) is 13.3 Å². The lowest BCUT2D eigenvalue weighted by Crippen LogP contribution is -2.43. The minimum atomic E-state index is -0.162. The van der Waals surface area contributed by atoms with E-state index in [0.717, 1.165) is 46.8 Å². The van der Waals surface area contributed by atoms with Gasteiger partial charge in [-0.05, 0) is 49.1 Å². The number of ether oxygens (including phenoxy) is 1. The quantitative estimate of drug-likeness (QED) is 0.578. The zero-order valence-corrected chi connectivity index (χ0v) is 15.8. The summed E-state index contributed by atoms with van der Waals surface area (Å²) in [5, 5.41) is 4.54. The molecule has 1 fully saturated rings. The number of methoxy groups -OCH3 is 1. The molecule has 5 heteroatoms.